The Morgan fingerprint density at radius 2 is 1.66 bits per heavy atom. The lowest BCUT2D eigenvalue weighted by molar-refractivity contribution is 0.0466. The molecule has 0 aliphatic rings. The highest BCUT2D eigenvalue weighted by molar-refractivity contribution is 6.02. The first-order valence-electron chi connectivity index (χ1n) is 10.8. The summed E-state index contributed by atoms with van der Waals surface area (Å²) >= 11 is 0. The van der Waals surface area contributed by atoms with E-state index in [0.29, 0.717) is 33.1 Å². The van der Waals surface area contributed by atoms with Gasteiger partial charge in [-0.25, -0.2) is 14.3 Å². The van der Waals surface area contributed by atoms with Crippen molar-refractivity contribution in [1.82, 2.24) is 9.78 Å². The fraction of sp³-hybridized carbons (Fsp3) is 0.111. The van der Waals surface area contributed by atoms with Crippen molar-refractivity contribution < 1.29 is 18.7 Å². The molecule has 0 unspecified atom stereocenters. The molecule has 0 aliphatic heterocycles. The van der Waals surface area contributed by atoms with Crippen molar-refractivity contribution in [3.05, 3.63) is 116 Å². The number of benzene rings is 3. The lowest BCUT2D eigenvalue weighted by Gasteiger charge is -2.12. The number of carbonyl (C=O) groups is 1. The summed E-state index contributed by atoms with van der Waals surface area (Å²) in [6, 6.07) is 22.5. The van der Waals surface area contributed by atoms with Crippen molar-refractivity contribution >= 4 is 27.7 Å². The van der Waals surface area contributed by atoms with Gasteiger partial charge in [-0.2, -0.15) is 5.10 Å². The molecule has 0 amide bonds. The molecular weight excluding hydrogens is 448 g/mol. The number of aromatic nitrogens is 2. The van der Waals surface area contributed by atoms with E-state index in [1.165, 1.54) is 17.9 Å². The van der Waals surface area contributed by atoms with E-state index < -0.39 is 11.6 Å². The molecule has 2 aromatic heterocycles. The third-order valence-corrected chi connectivity index (χ3v) is 5.63. The second kappa shape index (κ2) is 9.26. The van der Waals surface area contributed by atoms with Gasteiger partial charge in [-0.3, -0.25) is 4.79 Å². The Labute approximate surface area is 199 Å². The number of fused-ring (bicyclic) bond motifs is 2. The van der Waals surface area contributed by atoms with Gasteiger partial charge in [-0.1, -0.05) is 48.5 Å². The van der Waals surface area contributed by atoms with Crippen LogP contribution in [0.4, 0.5) is 0 Å². The van der Waals surface area contributed by atoms with E-state index in [1.807, 2.05) is 30.3 Å². The minimum absolute atomic E-state index is 0.0186. The largest absolute Gasteiger partial charge is 0.497 e. The molecule has 5 aromatic rings. The van der Waals surface area contributed by atoms with Crippen molar-refractivity contribution in [2.24, 2.45) is 0 Å². The molecule has 8 nitrogen and oxygen atoms in total. The summed E-state index contributed by atoms with van der Waals surface area (Å²) < 4.78 is 17.2. The summed E-state index contributed by atoms with van der Waals surface area (Å²) in [5.41, 5.74) is 0.815. The van der Waals surface area contributed by atoms with Crippen LogP contribution in [-0.2, 0) is 17.9 Å². The van der Waals surface area contributed by atoms with Gasteiger partial charge in [-0.05, 0) is 23.8 Å². The molecule has 5 rings (SSSR count). The van der Waals surface area contributed by atoms with Gasteiger partial charge in [0.1, 0.15) is 17.9 Å². The maximum absolute atomic E-state index is 13.1. The van der Waals surface area contributed by atoms with E-state index in [1.54, 1.807) is 42.5 Å². The van der Waals surface area contributed by atoms with E-state index in [-0.39, 0.29) is 24.4 Å². The smallest absolute Gasteiger partial charge is 0.359 e. The van der Waals surface area contributed by atoms with Crippen LogP contribution in [0.2, 0.25) is 0 Å². The van der Waals surface area contributed by atoms with Gasteiger partial charge in [-0.15, -0.1) is 0 Å². The molecule has 2 heterocycles. The summed E-state index contributed by atoms with van der Waals surface area (Å²) in [6.45, 7) is 0.0259. The Balaban J connectivity index is 1.50. The summed E-state index contributed by atoms with van der Waals surface area (Å²) in [5.74, 6) is -0.177. The summed E-state index contributed by atoms with van der Waals surface area (Å²) in [6.07, 6.45) is 0. The maximum atomic E-state index is 13.1. The average Bonchev–Trinajstić information content (AvgIpc) is 2.88. The molecule has 0 N–H and O–H groups in total. The fourth-order valence-electron chi connectivity index (χ4n) is 3.92. The predicted molar refractivity (Wildman–Crippen MR) is 130 cm³/mol. The minimum atomic E-state index is -0.710. The Morgan fingerprint density at radius 1 is 0.914 bits per heavy atom. The monoisotopic (exact) mass is 468 g/mol. The second-order valence-electron chi connectivity index (χ2n) is 7.87. The Hall–Kier alpha value is -4.72. The molecule has 174 valence electrons. The predicted octanol–water partition coefficient (Wildman–Crippen LogP) is 3.92. The van der Waals surface area contributed by atoms with Gasteiger partial charge >= 0.3 is 11.6 Å². The fourth-order valence-corrected chi connectivity index (χ4v) is 3.92. The second-order valence-corrected chi connectivity index (χ2v) is 7.87. The van der Waals surface area contributed by atoms with Crippen LogP contribution in [0.25, 0.3) is 21.7 Å². The van der Waals surface area contributed by atoms with Crippen molar-refractivity contribution in [2.45, 2.75) is 13.2 Å². The lowest BCUT2D eigenvalue weighted by atomic mass is 10.1. The van der Waals surface area contributed by atoms with E-state index in [9.17, 15) is 14.4 Å². The van der Waals surface area contributed by atoms with E-state index >= 15 is 0 Å². The molecule has 0 saturated heterocycles. The average molecular weight is 468 g/mol. The number of nitrogens with zero attached hydrogens (tertiary/aromatic N) is 2. The highest BCUT2D eigenvalue weighted by atomic mass is 16.5. The summed E-state index contributed by atoms with van der Waals surface area (Å²) in [7, 11) is 1.51. The maximum Gasteiger partial charge on any atom is 0.359 e. The minimum Gasteiger partial charge on any atom is -0.497 e. The first-order valence-corrected chi connectivity index (χ1v) is 10.8. The zero-order valence-corrected chi connectivity index (χ0v) is 18.8. The SMILES string of the molecule is COc1ccc2c(COC(=O)c3nn(Cc4ccccc4)c(=O)c4ccccc34)cc(=O)oc2c1. The van der Waals surface area contributed by atoms with Gasteiger partial charge in [0, 0.05) is 28.5 Å². The van der Waals surface area contributed by atoms with Crippen molar-refractivity contribution in [1.29, 1.82) is 0 Å². The van der Waals surface area contributed by atoms with Crippen LogP contribution < -0.4 is 15.9 Å². The third kappa shape index (κ3) is 4.41. The zero-order chi connectivity index (χ0) is 24.4. The molecule has 0 atom stereocenters. The van der Waals surface area contributed by atoms with Crippen molar-refractivity contribution in [3.8, 4) is 5.75 Å². The summed E-state index contributed by atoms with van der Waals surface area (Å²) in [5, 5.41) is 5.72. The molecule has 0 fully saturated rings. The van der Waals surface area contributed by atoms with Crippen LogP contribution in [0.1, 0.15) is 21.6 Å². The van der Waals surface area contributed by atoms with Gasteiger partial charge in [0.2, 0.25) is 0 Å². The van der Waals surface area contributed by atoms with Crippen molar-refractivity contribution in [2.75, 3.05) is 7.11 Å². The van der Waals surface area contributed by atoms with Crippen LogP contribution in [0, 0.1) is 0 Å². The Kier molecular flexibility index (Phi) is 5.85. The summed E-state index contributed by atoms with van der Waals surface area (Å²) in [4.78, 5) is 38.2. The van der Waals surface area contributed by atoms with Crippen molar-refractivity contribution in [3.63, 3.8) is 0 Å². The number of hydrogen-bond donors (Lipinski definition) is 0. The highest BCUT2D eigenvalue weighted by Gasteiger charge is 2.19. The first-order chi connectivity index (χ1) is 17.0. The van der Waals surface area contributed by atoms with Gasteiger partial charge < -0.3 is 13.9 Å². The zero-order valence-electron chi connectivity index (χ0n) is 18.8. The van der Waals surface area contributed by atoms with Gasteiger partial charge in [0.05, 0.1) is 19.0 Å². The number of carbonyl (C=O) groups excluding carboxylic acids is 1. The Morgan fingerprint density at radius 3 is 2.43 bits per heavy atom. The van der Waals surface area contributed by atoms with E-state index in [4.69, 9.17) is 13.9 Å². The molecule has 8 heteroatoms. The van der Waals surface area contributed by atoms with Crippen LogP contribution in [0.3, 0.4) is 0 Å². The third-order valence-electron chi connectivity index (χ3n) is 5.63. The van der Waals surface area contributed by atoms with Crippen LogP contribution in [-0.4, -0.2) is 22.9 Å². The van der Waals surface area contributed by atoms with Crippen LogP contribution >= 0.6 is 0 Å². The van der Waals surface area contributed by atoms with E-state index in [2.05, 4.69) is 5.10 Å². The number of esters is 1. The molecule has 0 saturated carbocycles. The van der Waals surface area contributed by atoms with E-state index in [0.717, 1.165) is 5.56 Å². The first kappa shape index (κ1) is 22.1. The number of ether oxygens (including phenoxy) is 2. The Bertz CT molecular complexity index is 1670. The standard InChI is InChI=1S/C27H20N2O6/c1-33-19-11-12-20-18(13-24(30)35-23(20)14-19)16-34-27(32)25-21-9-5-6-10-22(21)26(31)29(28-25)15-17-7-3-2-4-8-17/h2-14H,15-16H2,1H3. The molecule has 35 heavy (non-hydrogen) atoms. The molecule has 0 aliphatic carbocycles. The molecule has 0 bridgehead atoms. The number of methoxy groups -OCH3 is 1. The number of hydrogen-bond acceptors (Lipinski definition) is 7. The molecule has 0 spiro atoms. The molecule has 3 aromatic carbocycles. The lowest BCUT2D eigenvalue weighted by Crippen LogP contribution is -2.27. The molecule has 0 radical (unpaired) electrons. The van der Waals surface area contributed by atoms with Crippen LogP contribution in [0.15, 0.2) is 92.9 Å². The van der Waals surface area contributed by atoms with Crippen LogP contribution in [0.5, 0.6) is 5.75 Å². The normalized spacial score (nSPS) is 11.0. The molecular formula is C27H20N2O6. The van der Waals surface area contributed by atoms with Gasteiger partial charge in [0.25, 0.3) is 5.56 Å². The van der Waals surface area contributed by atoms with Gasteiger partial charge in [0.15, 0.2) is 5.69 Å². The number of rotatable bonds is 6. The quantitative estimate of drug-likeness (QED) is 0.275. The highest BCUT2D eigenvalue weighted by Crippen LogP contribution is 2.23. The topological polar surface area (TPSA) is 101 Å².